The molecule has 68 heavy (non-hydrogen) atoms. The SMILES string of the molecule is CCC1C(c2ccc3c(c2)oc2ccccc23)=NC(c2ccc3c(c2)oc2ccccc23)=NC1c1c(-n2c3cc4ccccc4cc3c3c4ccccc4ccc32)ccc2oc3ccccc3c12. The Kier molecular flexibility index (Phi) is 7.79. The molecule has 0 spiro atoms. The molecule has 320 valence electrons. The number of benzene rings is 10. The number of aromatic nitrogens is 1. The van der Waals surface area contributed by atoms with Gasteiger partial charge in [0, 0.05) is 65.7 Å². The van der Waals surface area contributed by atoms with Crippen LogP contribution < -0.4 is 0 Å². The molecule has 0 saturated carbocycles. The predicted molar refractivity (Wildman–Crippen MR) is 280 cm³/mol. The first-order valence-corrected chi connectivity index (χ1v) is 23.4. The normalized spacial score (nSPS) is 15.7. The molecule has 0 fully saturated rings. The van der Waals surface area contributed by atoms with Crippen molar-refractivity contribution in [2.24, 2.45) is 15.9 Å². The summed E-state index contributed by atoms with van der Waals surface area (Å²) in [5.41, 5.74) is 12.3. The summed E-state index contributed by atoms with van der Waals surface area (Å²) in [4.78, 5) is 11.5. The van der Waals surface area contributed by atoms with Crippen molar-refractivity contribution in [1.82, 2.24) is 4.57 Å². The minimum Gasteiger partial charge on any atom is -0.456 e. The molecule has 0 saturated heterocycles. The fraction of sp³-hybridized carbons (Fsp3) is 0.0645. The van der Waals surface area contributed by atoms with Crippen molar-refractivity contribution in [1.29, 1.82) is 0 Å². The minimum atomic E-state index is -0.395. The number of rotatable bonds is 5. The van der Waals surface area contributed by atoms with Crippen LogP contribution in [0.15, 0.2) is 217 Å². The van der Waals surface area contributed by atoms with Gasteiger partial charge in [-0.3, -0.25) is 4.99 Å². The summed E-state index contributed by atoms with van der Waals surface area (Å²) in [6.07, 6.45) is 0.773. The molecule has 0 amide bonds. The molecule has 6 heteroatoms. The fourth-order valence-electron chi connectivity index (χ4n) is 11.5. The molecule has 0 aliphatic carbocycles. The Morgan fingerprint density at radius 2 is 1.00 bits per heavy atom. The predicted octanol–water partition coefficient (Wildman–Crippen LogP) is 16.8. The zero-order valence-corrected chi connectivity index (χ0v) is 36.9. The van der Waals surface area contributed by atoms with Crippen LogP contribution in [0.25, 0.3) is 115 Å². The lowest BCUT2D eigenvalue weighted by Crippen LogP contribution is -2.29. The van der Waals surface area contributed by atoms with E-state index in [4.69, 9.17) is 23.2 Å². The Morgan fingerprint density at radius 3 is 1.72 bits per heavy atom. The van der Waals surface area contributed by atoms with E-state index in [-0.39, 0.29) is 5.92 Å². The number of nitrogens with zero attached hydrogens (tertiary/aromatic N) is 3. The zero-order valence-electron chi connectivity index (χ0n) is 36.9. The van der Waals surface area contributed by atoms with Crippen molar-refractivity contribution in [3.8, 4) is 5.69 Å². The lowest BCUT2D eigenvalue weighted by molar-refractivity contribution is 0.534. The fourth-order valence-corrected chi connectivity index (χ4v) is 11.5. The Bertz CT molecular complexity index is 4520. The van der Waals surface area contributed by atoms with E-state index in [0.717, 1.165) is 111 Å². The van der Waals surface area contributed by atoms with Crippen LogP contribution in [0.4, 0.5) is 0 Å². The smallest absolute Gasteiger partial charge is 0.155 e. The molecule has 0 radical (unpaired) electrons. The maximum atomic E-state index is 6.78. The highest BCUT2D eigenvalue weighted by Crippen LogP contribution is 2.48. The van der Waals surface area contributed by atoms with E-state index in [1.807, 2.05) is 30.3 Å². The Balaban J connectivity index is 1.05. The van der Waals surface area contributed by atoms with Crippen molar-refractivity contribution in [2.45, 2.75) is 19.4 Å². The van der Waals surface area contributed by atoms with Gasteiger partial charge in [-0.25, -0.2) is 4.99 Å². The highest BCUT2D eigenvalue weighted by molar-refractivity contribution is 6.24. The lowest BCUT2D eigenvalue weighted by Gasteiger charge is -2.32. The quantitative estimate of drug-likeness (QED) is 0.173. The van der Waals surface area contributed by atoms with E-state index >= 15 is 0 Å². The maximum Gasteiger partial charge on any atom is 0.155 e. The van der Waals surface area contributed by atoms with Gasteiger partial charge in [0.2, 0.25) is 0 Å². The molecule has 4 aromatic heterocycles. The van der Waals surface area contributed by atoms with E-state index in [9.17, 15) is 0 Å². The third kappa shape index (κ3) is 5.34. The second kappa shape index (κ2) is 14.1. The molecule has 15 rings (SSSR count). The third-order valence-corrected chi connectivity index (χ3v) is 14.6. The van der Waals surface area contributed by atoms with E-state index in [2.05, 4.69) is 175 Å². The van der Waals surface area contributed by atoms with E-state index in [0.29, 0.717) is 5.84 Å². The number of para-hydroxylation sites is 3. The first kappa shape index (κ1) is 37.5. The van der Waals surface area contributed by atoms with Gasteiger partial charge in [-0.05, 0) is 101 Å². The van der Waals surface area contributed by atoms with Crippen LogP contribution in [0, 0.1) is 5.92 Å². The summed E-state index contributed by atoms with van der Waals surface area (Å²) in [6.45, 7) is 2.26. The summed E-state index contributed by atoms with van der Waals surface area (Å²) in [5, 5.41) is 13.7. The molecule has 2 unspecified atom stereocenters. The molecule has 6 nitrogen and oxygen atoms in total. The van der Waals surface area contributed by atoms with Gasteiger partial charge >= 0.3 is 0 Å². The molecule has 14 aromatic rings. The highest BCUT2D eigenvalue weighted by Gasteiger charge is 2.37. The largest absolute Gasteiger partial charge is 0.456 e. The molecule has 0 bridgehead atoms. The Labute approximate surface area is 388 Å². The molecular formula is C62H39N3O3. The van der Waals surface area contributed by atoms with Crippen LogP contribution in [-0.2, 0) is 0 Å². The third-order valence-electron chi connectivity index (χ3n) is 14.6. The zero-order chi connectivity index (χ0) is 44.6. The average molecular weight is 874 g/mol. The summed E-state index contributed by atoms with van der Waals surface area (Å²) in [5.74, 6) is 0.514. The second-order valence-corrected chi connectivity index (χ2v) is 18.2. The van der Waals surface area contributed by atoms with Gasteiger partial charge in [0.05, 0.1) is 28.5 Å². The second-order valence-electron chi connectivity index (χ2n) is 18.2. The van der Waals surface area contributed by atoms with Gasteiger partial charge in [-0.15, -0.1) is 0 Å². The monoisotopic (exact) mass is 873 g/mol. The Hall–Kier alpha value is -8.74. The number of hydrogen-bond acceptors (Lipinski definition) is 5. The molecule has 5 heterocycles. The topological polar surface area (TPSA) is 69.1 Å². The van der Waals surface area contributed by atoms with Crippen LogP contribution >= 0.6 is 0 Å². The van der Waals surface area contributed by atoms with E-state index in [1.165, 1.54) is 32.3 Å². The standard InChI is InChI=1S/C62H39N3O3/c1-2-40-60(38-23-26-44-42-17-7-10-20-51(42)67-55(44)33-38)63-62(39-24-27-45-43-18-8-11-21-52(43)68-56(45)34-39)64-61(40)59-49(29-30-54-58(59)46-19-9-12-22-53(46)66-54)65-48-28-25-35-13-5-6-16-41(35)57(48)47-31-36-14-3-4-15-37(36)32-50(47)65/h3-34,40,61H,2H2,1H3. The summed E-state index contributed by atoms with van der Waals surface area (Å²) in [7, 11) is 0. The number of fused-ring (bicyclic) bond motifs is 15. The maximum absolute atomic E-state index is 6.78. The van der Waals surface area contributed by atoms with Gasteiger partial charge in [-0.2, -0.15) is 0 Å². The van der Waals surface area contributed by atoms with Gasteiger partial charge in [0.1, 0.15) is 33.5 Å². The molecule has 1 aliphatic heterocycles. The van der Waals surface area contributed by atoms with Crippen molar-refractivity contribution in [3.63, 3.8) is 0 Å². The van der Waals surface area contributed by atoms with Gasteiger partial charge in [0.15, 0.2) is 5.84 Å². The van der Waals surface area contributed by atoms with Crippen molar-refractivity contribution in [2.75, 3.05) is 0 Å². The Morgan fingerprint density at radius 1 is 0.426 bits per heavy atom. The lowest BCUT2D eigenvalue weighted by atomic mass is 9.81. The average Bonchev–Trinajstić information content (AvgIpc) is 4.15. The van der Waals surface area contributed by atoms with Crippen molar-refractivity contribution in [3.05, 3.63) is 211 Å². The molecule has 0 N–H and O–H groups in total. The molecular weight excluding hydrogens is 835 g/mol. The van der Waals surface area contributed by atoms with Crippen LogP contribution in [0.1, 0.15) is 36.1 Å². The summed E-state index contributed by atoms with van der Waals surface area (Å²) < 4.78 is 22.3. The van der Waals surface area contributed by atoms with Gasteiger partial charge in [0.25, 0.3) is 0 Å². The van der Waals surface area contributed by atoms with Crippen LogP contribution in [0.3, 0.4) is 0 Å². The first-order valence-electron chi connectivity index (χ1n) is 23.4. The van der Waals surface area contributed by atoms with Gasteiger partial charge < -0.3 is 17.8 Å². The van der Waals surface area contributed by atoms with Crippen molar-refractivity contribution >= 4 is 121 Å². The number of hydrogen-bond donors (Lipinski definition) is 0. The highest BCUT2D eigenvalue weighted by atomic mass is 16.3. The first-order chi connectivity index (χ1) is 33.6. The molecule has 2 atom stereocenters. The number of furan rings is 3. The van der Waals surface area contributed by atoms with Gasteiger partial charge in [-0.1, -0.05) is 128 Å². The molecule has 10 aromatic carbocycles. The van der Waals surface area contributed by atoms with E-state index in [1.54, 1.807) is 0 Å². The van der Waals surface area contributed by atoms with Crippen LogP contribution in [0.2, 0.25) is 0 Å². The van der Waals surface area contributed by atoms with E-state index < -0.39 is 6.04 Å². The number of aliphatic imine (C=N–C) groups is 2. The molecule has 1 aliphatic rings. The van der Waals surface area contributed by atoms with Crippen LogP contribution in [-0.4, -0.2) is 16.1 Å². The van der Waals surface area contributed by atoms with Crippen molar-refractivity contribution < 1.29 is 13.3 Å². The minimum absolute atomic E-state index is 0.136. The number of amidine groups is 1. The summed E-state index contributed by atoms with van der Waals surface area (Å²) in [6, 6.07) is 68.6. The van der Waals surface area contributed by atoms with Crippen LogP contribution in [0.5, 0.6) is 0 Å². The summed E-state index contributed by atoms with van der Waals surface area (Å²) >= 11 is 0.